The van der Waals surface area contributed by atoms with E-state index in [1.807, 2.05) is 31.2 Å². The molecule has 0 bridgehead atoms. The summed E-state index contributed by atoms with van der Waals surface area (Å²) >= 11 is 0. The van der Waals surface area contributed by atoms with E-state index in [0.717, 1.165) is 18.7 Å². The zero-order chi connectivity index (χ0) is 16.7. The molecule has 1 fully saturated rings. The van der Waals surface area contributed by atoms with Gasteiger partial charge >= 0.3 is 0 Å². The molecule has 4 nitrogen and oxygen atoms in total. The number of ether oxygens (including phenoxy) is 1. The Bertz CT molecular complexity index is 778. The number of ketones is 1. The van der Waals surface area contributed by atoms with E-state index in [2.05, 4.69) is 4.90 Å². The first kappa shape index (κ1) is 15.2. The first-order valence-corrected chi connectivity index (χ1v) is 8.45. The molecule has 24 heavy (non-hydrogen) atoms. The van der Waals surface area contributed by atoms with E-state index in [9.17, 15) is 9.90 Å². The minimum absolute atomic E-state index is 0.0493. The van der Waals surface area contributed by atoms with Crippen LogP contribution < -0.4 is 4.74 Å². The minimum atomic E-state index is -0.257. The smallest absolute Gasteiger partial charge is 0.171 e. The van der Waals surface area contributed by atoms with Gasteiger partial charge in [-0.2, -0.15) is 0 Å². The van der Waals surface area contributed by atoms with Gasteiger partial charge < -0.3 is 9.84 Å². The molecule has 2 aliphatic heterocycles. The van der Waals surface area contributed by atoms with Crippen LogP contribution in [0.5, 0.6) is 11.5 Å². The number of likely N-dealkylation sites (tertiary alicyclic amines) is 1. The molecule has 1 N–H and O–H groups in total. The Labute approximate surface area is 141 Å². The molecule has 4 rings (SSSR count). The highest BCUT2D eigenvalue weighted by molar-refractivity contribution is 6.02. The molecule has 0 aliphatic carbocycles. The van der Waals surface area contributed by atoms with Gasteiger partial charge in [0.1, 0.15) is 17.6 Å². The highest BCUT2D eigenvalue weighted by atomic mass is 16.5. The van der Waals surface area contributed by atoms with E-state index < -0.39 is 0 Å². The second-order valence-corrected chi connectivity index (χ2v) is 6.71. The number of aromatic hydroxyl groups is 1. The second-order valence-electron chi connectivity index (χ2n) is 6.71. The Hall–Kier alpha value is -2.33. The van der Waals surface area contributed by atoms with Gasteiger partial charge in [-0.3, -0.25) is 9.69 Å². The number of aryl methyl sites for hydroxylation is 1. The number of rotatable bonds is 3. The summed E-state index contributed by atoms with van der Waals surface area (Å²) in [7, 11) is 0. The summed E-state index contributed by atoms with van der Waals surface area (Å²) < 4.78 is 6.11. The van der Waals surface area contributed by atoms with Crippen molar-refractivity contribution in [1.82, 2.24) is 4.90 Å². The fraction of sp³-hybridized carbons (Fsp3) is 0.350. The summed E-state index contributed by atoms with van der Waals surface area (Å²) in [6, 6.07) is 11.4. The van der Waals surface area contributed by atoms with Gasteiger partial charge in [-0.05, 0) is 44.1 Å². The number of fused-ring (bicyclic) bond motifs is 1. The fourth-order valence-electron chi connectivity index (χ4n) is 3.38. The number of nitrogens with zero attached hydrogens (tertiary/aromatic N) is 1. The molecule has 2 heterocycles. The lowest BCUT2D eigenvalue weighted by Gasteiger charge is -2.33. The predicted molar refractivity (Wildman–Crippen MR) is 91.5 cm³/mol. The zero-order valence-corrected chi connectivity index (χ0v) is 13.8. The maximum absolute atomic E-state index is 12.8. The van der Waals surface area contributed by atoms with E-state index in [1.165, 1.54) is 12.0 Å². The lowest BCUT2D eigenvalue weighted by atomic mass is 9.91. The first-order chi connectivity index (χ1) is 11.6. The zero-order valence-electron chi connectivity index (χ0n) is 13.8. The summed E-state index contributed by atoms with van der Waals surface area (Å²) in [4.78, 5) is 15.0. The molecule has 2 aromatic carbocycles. The van der Waals surface area contributed by atoms with Crippen LogP contribution in [0, 0.1) is 6.92 Å². The molecular formula is C20H21NO3. The van der Waals surface area contributed by atoms with Crippen molar-refractivity contribution in [1.29, 1.82) is 0 Å². The van der Waals surface area contributed by atoms with E-state index in [4.69, 9.17) is 4.74 Å². The number of carbonyl (C=O) groups excluding carboxylic acids is 1. The minimum Gasteiger partial charge on any atom is -0.508 e. The van der Waals surface area contributed by atoms with Gasteiger partial charge in [0.15, 0.2) is 5.78 Å². The number of benzene rings is 2. The molecule has 0 saturated carbocycles. The Morgan fingerprint density at radius 3 is 2.58 bits per heavy atom. The molecule has 0 radical (unpaired) electrons. The molecule has 1 saturated heterocycles. The van der Waals surface area contributed by atoms with Crippen LogP contribution in [0.1, 0.15) is 46.0 Å². The number of phenols is 1. The standard InChI is InChI=1S/C20H21NO3/c1-13-3-5-14(6-4-13)19-11-17(23)20-15(12-21-9-2-10-21)16(22)7-8-18(20)24-19/h3-8,19,22H,2,9-12H2,1H3. The first-order valence-electron chi connectivity index (χ1n) is 8.45. The molecular weight excluding hydrogens is 302 g/mol. The molecule has 1 unspecified atom stereocenters. The number of carbonyl (C=O) groups is 1. The molecule has 124 valence electrons. The fourth-order valence-corrected chi connectivity index (χ4v) is 3.38. The van der Waals surface area contributed by atoms with Gasteiger partial charge in [-0.1, -0.05) is 29.8 Å². The molecule has 0 amide bonds. The van der Waals surface area contributed by atoms with Gasteiger partial charge in [0, 0.05) is 12.1 Å². The van der Waals surface area contributed by atoms with Gasteiger partial charge in [0.2, 0.25) is 0 Å². The number of hydrogen-bond acceptors (Lipinski definition) is 4. The Balaban J connectivity index is 1.67. The highest BCUT2D eigenvalue weighted by Gasteiger charge is 2.32. The van der Waals surface area contributed by atoms with E-state index in [1.54, 1.807) is 12.1 Å². The topological polar surface area (TPSA) is 49.8 Å². The van der Waals surface area contributed by atoms with Crippen molar-refractivity contribution < 1.29 is 14.6 Å². The molecule has 4 heteroatoms. The molecule has 0 spiro atoms. The van der Waals surface area contributed by atoms with Gasteiger partial charge in [0.05, 0.1) is 12.0 Å². The molecule has 1 atom stereocenters. The third kappa shape index (κ3) is 2.67. The number of hydrogen-bond donors (Lipinski definition) is 1. The Morgan fingerprint density at radius 1 is 1.17 bits per heavy atom. The second kappa shape index (κ2) is 5.95. The summed E-state index contributed by atoms with van der Waals surface area (Å²) in [5.74, 6) is 0.824. The largest absolute Gasteiger partial charge is 0.508 e. The average Bonchev–Trinajstić information content (AvgIpc) is 2.53. The third-order valence-electron chi connectivity index (χ3n) is 4.95. The van der Waals surface area contributed by atoms with Crippen LogP contribution in [0.2, 0.25) is 0 Å². The summed E-state index contributed by atoms with van der Waals surface area (Å²) in [6.07, 6.45) is 1.23. The van der Waals surface area contributed by atoms with E-state index in [0.29, 0.717) is 29.8 Å². The lowest BCUT2D eigenvalue weighted by Crippen LogP contribution is -2.37. The van der Waals surface area contributed by atoms with Crippen LogP contribution in [0.4, 0.5) is 0 Å². The summed E-state index contributed by atoms with van der Waals surface area (Å²) in [5, 5.41) is 10.2. The van der Waals surface area contributed by atoms with E-state index in [-0.39, 0.29) is 17.6 Å². The normalized spacial score (nSPS) is 20.2. The van der Waals surface area contributed by atoms with Crippen molar-refractivity contribution in [2.24, 2.45) is 0 Å². The lowest BCUT2D eigenvalue weighted by molar-refractivity contribution is 0.0842. The maximum atomic E-state index is 12.8. The summed E-state index contributed by atoms with van der Waals surface area (Å²) in [5.41, 5.74) is 3.46. The number of Topliss-reactive ketones (excluding diaryl/α,β-unsaturated/α-hetero) is 1. The molecule has 2 aliphatic rings. The Morgan fingerprint density at radius 2 is 1.92 bits per heavy atom. The maximum Gasteiger partial charge on any atom is 0.171 e. The van der Waals surface area contributed by atoms with Gasteiger partial charge in [0.25, 0.3) is 0 Å². The molecule has 2 aromatic rings. The van der Waals surface area contributed by atoms with Crippen molar-refractivity contribution in [2.45, 2.75) is 32.4 Å². The molecule has 0 aromatic heterocycles. The SMILES string of the molecule is Cc1ccc(C2CC(=O)c3c(ccc(O)c3CN3CCC3)O2)cc1. The van der Waals surface area contributed by atoms with E-state index >= 15 is 0 Å². The monoisotopic (exact) mass is 323 g/mol. The quantitative estimate of drug-likeness (QED) is 0.937. The van der Waals surface area contributed by atoms with Crippen LogP contribution in [0.3, 0.4) is 0 Å². The van der Waals surface area contributed by atoms with Crippen LogP contribution in [-0.2, 0) is 6.54 Å². The summed E-state index contributed by atoms with van der Waals surface area (Å²) in [6.45, 7) is 4.68. The van der Waals surface area contributed by atoms with Crippen molar-refractivity contribution in [2.75, 3.05) is 13.1 Å². The van der Waals surface area contributed by atoms with Crippen molar-refractivity contribution in [3.63, 3.8) is 0 Å². The van der Waals surface area contributed by atoms with Crippen molar-refractivity contribution in [3.8, 4) is 11.5 Å². The van der Waals surface area contributed by atoms with Crippen LogP contribution in [-0.4, -0.2) is 28.9 Å². The van der Waals surface area contributed by atoms with Crippen LogP contribution >= 0.6 is 0 Å². The van der Waals surface area contributed by atoms with Gasteiger partial charge in [-0.15, -0.1) is 0 Å². The average molecular weight is 323 g/mol. The van der Waals surface area contributed by atoms with Crippen LogP contribution in [0.25, 0.3) is 0 Å². The van der Waals surface area contributed by atoms with Crippen molar-refractivity contribution in [3.05, 3.63) is 58.7 Å². The van der Waals surface area contributed by atoms with Crippen molar-refractivity contribution >= 4 is 5.78 Å². The Kier molecular flexibility index (Phi) is 3.77. The highest BCUT2D eigenvalue weighted by Crippen LogP contribution is 2.40. The van der Waals surface area contributed by atoms with Crippen LogP contribution in [0.15, 0.2) is 36.4 Å². The number of phenolic OH excluding ortho intramolecular Hbond substituents is 1. The third-order valence-corrected chi connectivity index (χ3v) is 4.95. The van der Waals surface area contributed by atoms with Gasteiger partial charge in [-0.25, -0.2) is 0 Å². The predicted octanol–water partition coefficient (Wildman–Crippen LogP) is 3.61.